The van der Waals surface area contributed by atoms with Crippen molar-refractivity contribution in [2.45, 2.75) is 0 Å². The van der Waals surface area contributed by atoms with Gasteiger partial charge < -0.3 is 14.7 Å². The smallest absolute Gasteiger partial charge is 0.252 e. The number of allylic oxidation sites excluding steroid dienone is 1. The summed E-state index contributed by atoms with van der Waals surface area (Å²) in [5.74, 6) is -0.116. The van der Waals surface area contributed by atoms with Gasteiger partial charge in [0.15, 0.2) is 0 Å². The van der Waals surface area contributed by atoms with E-state index < -0.39 is 0 Å². The third-order valence-electron chi connectivity index (χ3n) is 2.69. The molecule has 104 valence electrons. The molecule has 0 atom stereocenters. The molecule has 0 radical (unpaired) electrons. The van der Waals surface area contributed by atoms with E-state index in [-0.39, 0.29) is 5.91 Å². The molecule has 1 aliphatic heterocycles. The Morgan fingerprint density at radius 2 is 2.11 bits per heavy atom. The summed E-state index contributed by atoms with van der Waals surface area (Å²) in [6.45, 7) is 1.48. The van der Waals surface area contributed by atoms with Crippen LogP contribution in [-0.4, -0.2) is 56.6 Å². The van der Waals surface area contributed by atoms with Crippen molar-refractivity contribution >= 4 is 5.91 Å². The van der Waals surface area contributed by atoms with E-state index in [1.54, 1.807) is 30.3 Å². The van der Waals surface area contributed by atoms with Crippen LogP contribution in [0.1, 0.15) is 0 Å². The van der Waals surface area contributed by atoms with Crippen LogP contribution in [0.3, 0.4) is 0 Å². The molecule has 0 bridgehead atoms. The highest BCUT2D eigenvalue weighted by Crippen LogP contribution is 2.15. The van der Waals surface area contributed by atoms with Gasteiger partial charge in [0.2, 0.25) is 0 Å². The topological polar surface area (TPSA) is 61.8 Å². The van der Waals surface area contributed by atoms with Crippen molar-refractivity contribution in [1.29, 1.82) is 0 Å². The summed E-state index contributed by atoms with van der Waals surface area (Å²) in [4.78, 5) is 23.8. The maximum Gasteiger partial charge on any atom is 0.252 e. The van der Waals surface area contributed by atoms with Gasteiger partial charge in [0.25, 0.3) is 5.91 Å². The second-order valence-corrected chi connectivity index (χ2v) is 5.46. The number of nitrogens with zero attached hydrogens (tertiary/aromatic N) is 3. The monoisotopic (exact) mass is 265 g/mol. The molecule has 0 spiro atoms. The van der Waals surface area contributed by atoms with E-state index in [4.69, 9.17) is 0 Å². The molecule has 0 aromatic rings. The van der Waals surface area contributed by atoms with Gasteiger partial charge in [0.05, 0.1) is 51.7 Å². The van der Waals surface area contributed by atoms with Gasteiger partial charge in [-0.3, -0.25) is 4.79 Å². The average Bonchev–Trinajstić information content (AvgIpc) is 2.30. The van der Waals surface area contributed by atoms with Crippen LogP contribution in [-0.2, 0) is 4.79 Å². The number of carbonyl (C=O) groups excluding carboxylic acids is 1. The molecule has 0 aromatic heterocycles. The predicted octanol–water partition coefficient (Wildman–Crippen LogP) is 0.802. The largest absolute Gasteiger partial charge is 0.349 e. The van der Waals surface area contributed by atoms with Crippen molar-refractivity contribution in [3.8, 4) is 0 Å². The molecule has 1 N–H and O–H groups in total. The molecule has 6 nitrogen and oxygen atoms in total. The molecular formula is C13H21N4O2+. The lowest BCUT2D eigenvalue weighted by Gasteiger charge is -2.24. The molecule has 6 heteroatoms. The fraction of sp³-hybridized carbons (Fsp3) is 0.462. The number of amides is 1. The summed E-state index contributed by atoms with van der Waals surface area (Å²) < 4.78 is 0.799. The van der Waals surface area contributed by atoms with E-state index in [2.05, 4.69) is 31.6 Å². The van der Waals surface area contributed by atoms with Crippen LogP contribution in [0.25, 0.3) is 0 Å². The number of carbonyl (C=O) groups is 1. The zero-order valence-corrected chi connectivity index (χ0v) is 11.9. The molecule has 1 heterocycles. The van der Waals surface area contributed by atoms with Gasteiger partial charge in [0, 0.05) is 13.2 Å². The maximum absolute atomic E-state index is 11.9. The number of nitroso groups, excluding NO2 is 1. The van der Waals surface area contributed by atoms with Gasteiger partial charge >= 0.3 is 0 Å². The van der Waals surface area contributed by atoms with Gasteiger partial charge in [-0.2, -0.15) is 0 Å². The van der Waals surface area contributed by atoms with E-state index in [1.165, 1.54) is 6.20 Å². The summed E-state index contributed by atoms with van der Waals surface area (Å²) in [5, 5.41) is 5.59. The normalized spacial score (nSPS) is 17.4. The first-order chi connectivity index (χ1) is 8.83. The Kier molecular flexibility index (Phi) is 5.00. The van der Waals surface area contributed by atoms with Crippen LogP contribution >= 0.6 is 0 Å². The van der Waals surface area contributed by atoms with Crippen LogP contribution in [0.2, 0.25) is 0 Å². The first kappa shape index (κ1) is 15.1. The molecule has 1 rings (SSSR count). The first-order valence-electron chi connectivity index (χ1n) is 6.07. The minimum absolute atomic E-state index is 0.116. The van der Waals surface area contributed by atoms with Gasteiger partial charge in [0.1, 0.15) is 0 Å². The highest BCUT2D eigenvalue weighted by Gasteiger charge is 2.14. The highest BCUT2D eigenvalue weighted by atomic mass is 16.2. The Labute approximate surface area is 113 Å². The summed E-state index contributed by atoms with van der Waals surface area (Å²) in [6, 6.07) is 0. The number of quaternary nitrogens is 1. The molecule has 1 aliphatic rings. The summed E-state index contributed by atoms with van der Waals surface area (Å²) in [6.07, 6.45) is 6.26. The van der Waals surface area contributed by atoms with Crippen molar-refractivity contribution in [3.05, 3.63) is 40.7 Å². The molecule has 0 aromatic carbocycles. The Balaban J connectivity index is 2.56. The fourth-order valence-corrected chi connectivity index (χ4v) is 1.55. The number of nitrogens with one attached hydrogen (secondary N) is 1. The van der Waals surface area contributed by atoms with E-state index in [9.17, 15) is 9.70 Å². The molecule has 0 unspecified atom stereocenters. The number of likely N-dealkylation sites (N-methyl/N-ethyl adjacent to an activating group) is 2. The number of hydrogen-bond donors (Lipinski definition) is 1. The molecule has 0 aliphatic carbocycles. The number of hydrogen-bond acceptors (Lipinski definition) is 4. The standard InChI is InChI=1S/C13H20N4O2/c1-16-10-11(5-6-12(16)9-15-19)13(18)14-7-8-17(2,3)4/h5-6,9-10H,7-8H2,1-4H3/p+1/b12-9+. The zero-order valence-electron chi connectivity index (χ0n) is 11.9. The molecule has 0 saturated carbocycles. The van der Waals surface area contributed by atoms with Gasteiger partial charge in [-0.15, -0.1) is 4.91 Å². The summed E-state index contributed by atoms with van der Waals surface area (Å²) >= 11 is 0. The van der Waals surface area contributed by atoms with E-state index >= 15 is 0 Å². The van der Waals surface area contributed by atoms with Crippen molar-refractivity contribution in [2.75, 3.05) is 41.3 Å². The third-order valence-corrected chi connectivity index (χ3v) is 2.69. The maximum atomic E-state index is 11.9. The molecule has 1 amide bonds. The van der Waals surface area contributed by atoms with E-state index in [1.807, 2.05) is 0 Å². The average molecular weight is 265 g/mol. The van der Waals surface area contributed by atoms with E-state index in [0.29, 0.717) is 17.8 Å². The summed E-state index contributed by atoms with van der Waals surface area (Å²) in [7, 11) is 7.98. The minimum atomic E-state index is -0.116. The quantitative estimate of drug-likeness (QED) is 0.591. The second-order valence-electron chi connectivity index (χ2n) is 5.46. The van der Waals surface area contributed by atoms with E-state index in [0.717, 1.165) is 11.0 Å². The highest BCUT2D eigenvalue weighted by molar-refractivity contribution is 5.96. The molecule has 0 saturated heterocycles. The van der Waals surface area contributed by atoms with Crippen molar-refractivity contribution in [2.24, 2.45) is 5.18 Å². The Bertz CT molecular complexity index is 444. The summed E-state index contributed by atoms with van der Waals surface area (Å²) in [5.41, 5.74) is 1.21. The van der Waals surface area contributed by atoms with Gasteiger partial charge in [-0.1, -0.05) is 0 Å². The lowest BCUT2D eigenvalue weighted by atomic mass is 10.1. The van der Waals surface area contributed by atoms with Crippen LogP contribution in [0.4, 0.5) is 0 Å². The Morgan fingerprint density at radius 3 is 2.63 bits per heavy atom. The van der Waals surface area contributed by atoms with Crippen molar-refractivity contribution in [3.63, 3.8) is 0 Å². The Morgan fingerprint density at radius 1 is 1.42 bits per heavy atom. The van der Waals surface area contributed by atoms with Crippen LogP contribution < -0.4 is 5.32 Å². The van der Waals surface area contributed by atoms with Crippen molar-refractivity contribution < 1.29 is 9.28 Å². The molecule has 19 heavy (non-hydrogen) atoms. The van der Waals surface area contributed by atoms with Crippen LogP contribution in [0, 0.1) is 4.91 Å². The van der Waals surface area contributed by atoms with Crippen LogP contribution in [0.15, 0.2) is 41.0 Å². The third kappa shape index (κ3) is 5.05. The Hall–Kier alpha value is -1.95. The van der Waals surface area contributed by atoms with Crippen LogP contribution in [0.5, 0.6) is 0 Å². The zero-order chi connectivity index (χ0) is 14.5. The molecule has 0 fully saturated rings. The SMILES string of the molecule is CN1C=C(C(=O)NCC[N+](C)(C)C)C=C/C1=C\N=O. The molecular weight excluding hydrogens is 244 g/mol. The van der Waals surface area contributed by atoms with Gasteiger partial charge in [-0.25, -0.2) is 0 Å². The second kappa shape index (κ2) is 6.29. The minimum Gasteiger partial charge on any atom is -0.349 e. The first-order valence-corrected chi connectivity index (χ1v) is 6.07. The fourth-order valence-electron chi connectivity index (χ4n) is 1.55. The van der Waals surface area contributed by atoms with Gasteiger partial charge in [-0.05, 0) is 17.3 Å². The lowest BCUT2D eigenvalue weighted by Crippen LogP contribution is -2.42. The predicted molar refractivity (Wildman–Crippen MR) is 74.8 cm³/mol. The number of rotatable bonds is 5. The van der Waals surface area contributed by atoms with Crippen molar-refractivity contribution in [1.82, 2.24) is 10.2 Å². The lowest BCUT2D eigenvalue weighted by molar-refractivity contribution is -0.869.